The minimum atomic E-state index is -0.447. The molecule has 11 rings (SSSR count). The first kappa shape index (κ1) is 29.4. The van der Waals surface area contributed by atoms with Gasteiger partial charge in [0.05, 0.1) is 16.5 Å². The molecular weight excluding hydrogens is 651 g/mol. The van der Waals surface area contributed by atoms with Crippen molar-refractivity contribution in [3.63, 3.8) is 0 Å². The van der Waals surface area contributed by atoms with Gasteiger partial charge in [-0.2, -0.15) is 0 Å². The Bertz CT molecular complexity index is 2770. The highest BCUT2D eigenvalue weighted by Crippen LogP contribution is 2.63. The third-order valence-corrected chi connectivity index (χ3v) is 12.1. The fourth-order valence-corrected chi connectivity index (χ4v) is 9.97. The number of anilines is 3. The molecule has 0 amide bonds. The smallest absolute Gasteiger partial charge is 0.137 e. The van der Waals surface area contributed by atoms with Crippen molar-refractivity contribution in [1.29, 1.82) is 0 Å². The quantitative estimate of drug-likeness (QED) is 0.184. The second kappa shape index (κ2) is 11.4. The minimum Gasteiger partial charge on any atom is -0.456 e. The summed E-state index contributed by atoms with van der Waals surface area (Å²) in [4.78, 5) is 4.96. The third-order valence-electron chi connectivity index (χ3n) is 10.9. The van der Waals surface area contributed by atoms with Gasteiger partial charge < -0.3 is 9.32 Å². The topological polar surface area (TPSA) is 16.4 Å². The fraction of sp³-hybridized carbons (Fsp3) is 0.0204. The van der Waals surface area contributed by atoms with Crippen molar-refractivity contribution in [2.45, 2.75) is 15.2 Å². The lowest BCUT2D eigenvalue weighted by Crippen LogP contribution is -2.31. The molecule has 1 aliphatic carbocycles. The van der Waals surface area contributed by atoms with Gasteiger partial charge in [-0.25, -0.2) is 0 Å². The molecule has 52 heavy (non-hydrogen) atoms. The molecule has 8 aromatic carbocycles. The monoisotopic (exact) mass is 681 g/mol. The number of fused-ring (bicyclic) bond motifs is 12. The zero-order valence-corrected chi connectivity index (χ0v) is 29.0. The van der Waals surface area contributed by atoms with E-state index in [2.05, 4.69) is 193 Å². The lowest BCUT2D eigenvalue weighted by molar-refractivity contribution is 0.664. The third kappa shape index (κ3) is 4.14. The van der Waals surface area contributed by atoms with Crippen LogP contribution in [0.3, 0.4) is 0 Å². The molecule has 0 saturated carbocycles. The Labute approximate surface area is 306 Å². The Morgan fingerprint density at radius 2 is 1.02 bits per heavy atom. The SMILES string of the molecule is c1ccc(-c2ccc(N(c3ccccc3)c3cccc4oc5cc6c(cc5c34)-c3ccccc3C63c4ccccc4Sc4ccccc43)cc2)cc1. The molecule has 0 radical (unpaired) electrons. The maximum atomic E-state index is 6.89. The van der Waals surface area contributed by atoms with Crippen LogP contribution in [0.5, 0.6) is 0 Å². The number of furan rings is 1. The summed E-state index contributed by atoms with van der Waals surface area (Å²) in [6, 6.07) is 68.2. The van der Waals surface area contributed by atoms with Gasteiger partial charge in [-0.05, 0) is 105 Å². The number of rotatable bonds is 4. The predicted molar refractivity (Wildman–Crippen MR) is 215 cm³/mol. The van der Waals surface area contributed by atoms with E-state index in [1.54, 1.807) is 0 Å². The first-order valence-electron chi connectivity index (χ1n) is 17.8. The van der Waals surface area contributed by atoms with Crippen LogP contribution < -0.4 is 4.90 Å². The van der Waals surface area contributed by atoms with Crippen LogP contribution in [-0.2, 0) is 5.41 Å². The molecule has 1 spiro atoms. The number of hydrogen-bond acceptors (Lipinski definition) is 3. The summed E-state index contributed by atoms with van der Waals surface area (Å²) in [5.74, 6) is 0. The van der Waals surface area contributed by atoms with Crippen LogP contribution >= 0.6 is 11.8 Å². The average molecular weight is 682 g/mol. The van der Waals surface area contributed by atoms with Gasteiger partial charge >= 0.3 is 0 Å². The van der Waals surface area contributed by atoms with Gasteiger partial charge in [0.2, 0.25) is 0 Å². The van der Waals surface area contributed by atoms with Crippen LogP contribution in [0.2, 0.25) is 0 Å². The van der Waals surface area contributed by atoms with Crippen molar-refractivity contribution in [2.75, 3.05) is 4.90 Å². The van der Waals surface area contributed by atoms with Crippen LogP contribution in [0.4, 0.5) is 17.1 Å². The normalized spacial score (nSPS) is 13.5. The van der Waals surface area contributed by atoms with Gasteiger partial charge in [-0.1, -0.05) is 139 Å². The average Bonchev–Trinajstić information content (AvgIpc) is 3.72. The van der Waals surface area contributed by atoms with E-state index in [1.807, 2.05) is 11.8 Å². The maximum Gasteiger partial charge on any atom is 0.137 e. The highest BCUT2D eigenvalue weighted by Gasteiger charge is 2.50. The van der Waals surface area contributed by atoms with E-state index in [0.29, 0.717) is 0 Å². The molecule has 2 nitrogen and oxygen atoms in total. The Hall–Kier alpha value is -6.29. The summed E-state index contributed by atoms with van der Waals surface area (Å²) >= 11 is 1.87. The first-order chi connectivity index (χ1) is 25.8. The maximum absolute atomic E-state index is 6.89. The fourth-order valence-electron chi connectivity index (χ4n) is 8.78. The molecule has 0 bridgehead atoms. The second-order valence-corrected chi connectivity index (χ2v) is 14.7. The Morgan fingerprint density at radius 3 is 1.75 bits per heavy atom. The van der Waals surface area contributed by atoms with Gasteiger partial charge in [0, 0.05) is 26.6 Å². The van der Waals surface area contributed by atoms with Crippen molar-refractivity contribution in [1.82, 2.24) is 0 Å². The molecule has 3 heteroatoms. The molecule has 0 saturated heterocycles. The number of hydrogen-bond donors (Lipinski definition) is 0. The van der Waals surface area contributed by atoms with Crippen LogP contribution in [0.1, 0.15) is 22.3 Å². The van der Waals surface area contributed by atoms with Crippen molar-refractivity contribution < 1.29 is 4.42 Å². The van der Waals surface area contributed by atoms with E-state index < -0.39 is 5.41 Å². The molecule has 0 N–H and O–H groups in total. The molecule has 0 unspecified atom stereocenters. The van der Waals surface area contributed by atoms with E-state index >= 15 is 0 Å². The number of para-hydroxylation sites is 1. The van der Waals surface area contributed by atoms with Crippen LogP contribution in [0.25, 0.3) is 44.2 Å². The Balaban J connectivity index is 1.17. The summed E-state index contributed by atoms with van der Waals surface area (Å²) in [6.07, 6.45) is 0. The van der Waals surface area contributed by atoms with E-state index in [9.17, 15) is 0 Å². The van der Waals surface area contributed by atoms with Crippen LogP contribution in [0, 0.1) is 0 Å². The summed E-state index contributed by atoms with van der Waals surface area (Å²) in [7, 11) is 0. The van der Waals surface area contributed by atoms with Gasteiger partial charge in [0.15, 0.2) is 0 Å². The molecule has 9 aromatic rings. The van der Waals surface area contributed by atoms with Crippen LogP contribution in [0.15, 0.2) is 202 Å². The predicted octanol–water partition coefficient (Wildman–Crippen LogP) is 13.6. The largest absolute Gasteiger partial charge is 0.456 e. The van der Waals surface area contributed by atoms with Crippen molar-refractivity contribution in [3.8, 4) is 22.3 Å². The van der Waals surface area contributed by atoms with Crippen molar-refractivity contribution in [3.05, 3.63) is 210 Å². The molecule has 0 atom stereocenters. The highest BCUT2D eigenvalue weighted by molar-refractivity contribution is 7.99. The van der Waals surface area contributed by atoms with Gasteiger partial charge in [0.1, 0.15) is 11.2 Å². The molecule has 1 aliphatic heterocycles. The molecule has 244 valence electrons. The van der Waals surface area contributed by atoms with Gasteiger partial charge in [-0.3, -0.25) is 0 Å². The minimum absolute atomic E-state index is 0.447. The molecule has 1 aromatic heterocycles. The molecular formula is C49H31NOS. The summed E-state index contributed by atoms with van der Waals surface area (Å²) in [5.41, 5.74) is 14.8. The number of benzene rings is 8. The standard InChI is InChI=1S/C49H31NOS/c1-3-14-32(15-4-1)33-26-28-35(29-27-33)50(34-16-5-2-6-17-34)43-22-13-23-44-48(43)38-30-37-36-18-7-8-19-39(36)49(42(37)31-45(38)51-44)40-20-9-11-24-46(40)52-47-25-12-10-21-41(47)49/h1-31H. The van der Waals surface area contributed by atoms with Gasteiger partial charge in [-0.15, -0.1) is 0 Å². The molecule has 2 heterocycles. The van der Waals surface area contributed by atoms with E-state index in [-0.39, 0.29) is 0 Å². The van der Waals surface area contributed by atoms with Gasteiger partial charge in [0.25, 0.3) is 0 Å². The van der Waals surface area contributed by atoms with E-state index in [4.69, 9.17) is 4.42 Å². The Kier molecular flexibility index (Phi) is 6.43. The molecule has 2 aliphatic rings. The summed E-state index contributed by atoms with van der Waals surface area (Å²) in [5, 5.41) is 2.22. The first-order valence-corrected chi connectivity index (χ1v) is 18.6. The number of nitrogens with zero attached hydrogens (tertiary/aromatic N) is 1. The van der Waals surface area contributed by atoms with Crippen LogP contribution in [-0.4, -0.2) is 0 Å². The zero-order chi connectivity index (χ0) is 34.2. The van der Waals surface area contributed by atoms with E-state index in [0.717, 1.165) is 39.0 Å². The van der Waals surface area contributed by atoms with Crippen molar-refractivity contribution in [2.24, 2.45) is 0 Å². The van der Waals surface area contributed by atoms with E-state index in [1.165, 1.54) is 54.3 Å². The second-order valence-electron chi connectivity index (χ2n) is 13.6. The Morgan fingerprint density at radius 1 is 0.423 bits per heavy atom. The summed E-state index contributed by atoms with van der Waals surface area (Å²) < 4.78 is 6.89. The summed E-state index contributed by atoms with van der Waals surface area (Å²) in [6.45, 7) is 0. The zero-order valence-electron chi connectivity index (χ0n) is 28.2. The lowest BCUT2D eigenvalue weighted by Gasteiger charge is -2.39. The molecule has 0 fully saturated rings. The highest BCUT2D eigenvalue weighted by atomic mass is 32.2. The van der Waals surface area contributed by atoms with Crippen molar-refractivity contribution >= 4 is 50.8 Å². The lowest BCUT2D eigenvalue weighted by atomic mass is 9.67.